The van der Waals surface area contributed by atoms with Crippen molar-refractivity contribution in [2.45, 2.75) is 19.9 Å². The summed E-state index contributed by atoms with van der Waals surface area (Å²) < 4.78 is 7.86. The molecule has 24 heavy (non-hydrogen) atoms. The minimum absolute atomic E-state index is 0.184. The number of aromatic nitrogens is 4. The van der Waals surface area contributed by atoms with Crippen LogP contribution in [-0.4, -0.2) is 39.0 Å². The summed E-state index contributed by atoms with van der Waals surface area (Å²) in [4.78, 5) is 19.5. The van der Waals surface area contributed by atoms with Crippen molar-refractivity contribution >= 4 is 32.9 Å². The third kappa shape index (κ3) is 2.61. The second-order valence-corrected chi connectivity index (χ2v) is 6.91. The highest BCUT2D eigenvalue weighted by atomic mass is 79.9. The Morgan fingerprint density at radius 1 is 1.33 bits per heavy atom. The molecule has 0 spiro atoms. The van der Waals surface area contributed by atoms with Gasteiger partial charge < -0.3 is 10.1 Å². The predicted octanol–water partition coefficient (Wildman–Crippen LogP) is 2.30. The maximum absolute atomic E-state index is 12.3. The van der Waals surface area contributed by atoms with Crippen LogP contribution < -0.4 is 10.9 Å². The number of ether oxygens (including phenoxy) is 1. The summed E-state index contributed by atoms with van der Waals surface area (Å²) in [5.74, 6) is 0.426. The van der Waals surface area contributed by atoms with Crippen LogP contribution in [0.1, 0.15) is 11.1 Å². The topological polar surface area (TPSA) is 84.8 Å². The lowest BCUT2D eigenvalue weighted by atomic mass is 10.1. The number of hydrogen-bond donors (Lipinski definition) is 2. The van der Waals surface area contributed by atoms with Gasteiger partial charge in [0.15, 0.2) is 5.65 Å². The molecular weight excluding hydrogens is 374 g/mol. The molecule has 0 aliphatic carbocycles. The summed E-state index contributed by atoms with van der Waals surface area (Å²) in [6.45, 7) is 5.27. The molecule has 0 bridgehead atoms. The first-order valence-electron chi connectivity index (χ1n) is 7.62. The smallest absolute Gasteiger partial charge is 0.263 e. The lowest BCUT2D eigenvalue weighted by Crippen LogP contribution is -2.41. The summed E-state index contributed by atoms with van der Waals surface area (Å²) in [6.07, 6.45) is 1.72. The molecule has 4 rings (SSSR count). The van der Waals surface area contributed by atoms with Crippen molar-refractivity contribution in [3.63, 3.8) is 0 Å². The first-order chi connectivity index (χ1) is 11.5. The highest BCUT2D eigenvalue weighted by Gasteiger charge is 2.20. The van der Waals surface area contributed by atoms with Crippen LogP contribution in [0.4, 0.5) is 5.95 Å². The number of hydrogen-bond acceptors (Lipinski definition) is 5. The monoisotopic (exact) mass is 389 g/mol. The van der Waals surface area contributed by atoms with Gasteiger partial charge in [0.2, 0.25) is 5.95 Å². The van der Waals surface area contributed by atoms with Gasteiger partial charge in [0.1, 0.15) is 5.39 Å². The molecule has 2 N–H and O–H groups in total. The molecule has 0 unspecified atom stereocenters. The lowest BCUT2D eigenvalue weighted by molar-refractivity contribution is 0.0208. The van der Waals surface area contributed by atoms with Crippen LogP contribution in [0.5, 0.6) is 0 Å². The van der Waals surface area contributed by atoms with Crippen molar-refractivity contribution in [3.8, 4) is 5.69 Å². The van der Waals surface area contributed by atoms with Crippen LogP contribution in [0.25, 0.3) is 16.7 Å². The van der Waals surface area contributed by atoms with Crippen LogP contribution in [0.3, 0.4) is 0 Å². The maximum Gasteiger partial charge on any atom is 0.263 e. The molecule has 7 nitrogen and oxygen atoms in total. The van der Waals surface area contributed by atoms with Crippen molar-refractivity contribution in [2.75, 3.05) is 18.5 Å². The summed E-state index contributed by atoms with van der Waals surface area (Å²) in [5, 5.41) is 8.11. The molecule has 0 amide bonds. The van der Waals surface area contributed by atoms with Gasteiger partial charge in [0.05, 0.1) is 24.9 Å². The molecule has 124 valence electrons. The Bertz CT molecular complexity index is 967. The van der Waals surface area contributed by atoms with Gasteiger partial charge in [-0.3, -0.25) is 9.78 Å². The van der Waals surface area contributed by atoms with Gasteiger partial charge in [-0.25, -0.2) is 4.68 Å². The highest BCUT2D eigenvalue weighted by molar-refractivity contribution is 9.10. The van der Waals surface area contributed by atoms with Crippen molar-refractivity contribution in [3.05, 3.63) is 44.3 Å². The molecule has 2 aromatic heterocycles. The van der Waals surface area contributed by atoms with E-state index < -0.39 is 0 Å². The van der Waals surface area contributed by atoms with Gasteiger partial charge in [0, 0.05) is 10.7 Å². The third-order valence-corrected chi connectivity index (χ3v) is 4.51. The number of aryl methyl sites for hydroxylation is 2. The van der Waals surface area contributed by atoms with Gasteiger partial charge in [-0.2, -0.15) is 4.98 Å². The SMILES string of the molecule is Cc1cc(Br)cc(C)c1-n1cc2c(=O)[nH]c(NC3COC3)nc2n1. The molecule has 1 aliphatic heterocycles. The number of aromatic amines is 1. The quantitative estimate of drug-likeness (QED) is 0.717. The van der Waals surface area contributed by atoms with E-state index >= 15 is 0 Å². The highest BCUT2D eigenvalue weighted by Crippen LogP contribution is 2.24. The number of benzene rings is 1. The predicted molar refractivity (Wildman–Crippen MR) is 94.9 cm³/mol. The summed E-state index contributed by atoms with van der Waals surface area (Å²) in [6, 6.07) is 4.23. The second-order valence-electron chi connectivity index (χ2n) is 5.99. The average molecular weight is 390 g/mol. The molecule has 1 aromatic carbocycles. The van der Waals surface area contributed by atoms with E-state index in [4.69, 9.17) is 4.74 Å². The fourth-order valence-corrected chi connectivity index (χ4v) is 3.56. The van der Waals surface area contributed by atoms with E-state index in [0.717, 1.165) is 21.3 Å². The number of H-pyrrole nitrogens is 1. The van der Waals surface area contributed by atoms with Crippen molar-refractivity contribution in [1.82, 2.24) is 19.7 Å². The van der Waals surface area contributed by atoms with E-state index in [1.54, 1.807) is 10.9 Å². The van der Waals surface area contributed by atoms with E-state index in [1.165, 1.54) is 0 Å². The molecule has 0 saturated carbocycles. The van der Waals surface area contributed by atoms with E-state index in [1.807, 2.05) is 26.0 Å². The van der Waals surface area contributed by atoms with E-state index in [2.05, 4.69) is 36.3 Å². The van der Waals surface area contributed by atoms with Crippen molar-refractivity contribution in [2.24, 2.45) is 0 Å². The van der Waals surface area contributed by atoms with E-state index in [-0.39, 0.29) is 11.6 Å². The second kappa shape index (κ2) is 5.71. The van der Waals surface area contributed by atoms with Crippen molar-refractivity contribution < 1.29 is 4.74 Å². The Hall–Kier alpha value is -2.19. The van der Waals surface area contributed by atoms with Crippen LogP contribution in [-0.2, 0) is 4.74 Å². The first kappa shape index (κ1) is 15.3. The molecule has 0 atom stereocenters. The Morgan fingerprint density at radius 2 is 2.04 bits per heavy atom. The minimum Gasteiger partial charge on any atom is -0.377 e. The summed E-state index contributed by atoms with van der Waals surface area (Å²) in [5.41, 5.74) is 3.30. The number of fused-ring (bicyclic) bond motifs is 1. The number of nitrogens with one attached hydrogen (secondary N) is 2. The Kier molecular flexibility index (Phi) is 3.65. The van der Waals surface area contributed by atoms with Crippen LogP contribution >= 0.6 is 15.9 Å². The number of halogens is 1. The normalized spacial score (nSPS) is 14.8. The number of anilines is 1. The van der Waals surface area contributed by atoms with Gasteiger partial charge in [-0.1, -0.05) is 15.9 Å². The summed E-state index contributed by atoms with van der Waals surface area (Å²) in [7, 11) is 0. The molecule has 3 heterocycles. The fraction of sp³-hybridized carbons (Fsp3) is 0.312. The largest absolute Gasteiger partial charge is 0.377 e. The summed E-state index contributed by atoms with van der Waals surface area (Å²) >= 11 is 3.50. The molecule has 1 saturated heterocycles. The first-order valence-corrected chi connectivity index (χ1v) is 8.41. The lowest BCUT2D eigenvalue weighted by Gasteiger charge is -2.26. The minimum atomic E-state index is -0.207. The average Bonchev–Trinajstić information content (AvgIpc) is 2.86. The Morgan fingerprint density at radius 3 is 2.67 bits per heavy atom. The maximum atomic E-state index is 12.3. The zero-order valence-electron chi connectivity index (χ0n) is 13.3. The molecule has 3 aromatic rings. The van der Waals surface area contributed by atoms with Crippen LogP contribution in [0.15, 0.2) is 27.6 Å². The van der Waals surface area contributed by atoms with Gasteiger partial charge in [0.25, 0.3) is 5.56 Å². The van der Waals surface area contributed by atoms with Crippen LogP contribution in [0, 0.1) is 13.8 Å². The third-order valence-electron chi connectivity index (χ3n) is 4.05. The molecular formula is C16H16BrN5O2. The molecule has 1 fully saturated rings. The van der Waals surface area contributed by atoms with Crippen LogP contribution in [0.2, 0.25) is 0 Å². The van der Waals surface area contributed by atoms with Gasteiger partial charge >= 0.3 is 0 Å². The molecule has 8 heteroatoms. The Labute approximate surface area is 146 Å². The zero-order valence-corrected chi connectivity index (χ0v) is 14.8. The molecule has 1 aliphatic rings. The fourth-order valence-electron chi connectivity index (χ4n) is 2.88. The Balaban J connectivity index is 1.81. The van der Waals surface area contributed by atoms with Gasteiger partial charge in [-0.15, -0.1) is 5.10 Å². The van der Waals surface area contributed by atoms with E-state index in [9.17, 15) is 4.79 Å². The van der Waals surface area contributed by atoms with Crippen molar-refractivity contribution in [1.29, 1.82) is 0 Å². The number of rotatable bonds is 3. The number of nitrogens with zero attached hydrogens (tertiary/aromatic N) is 3. The van der Waals surface area contributed by atoms with Gasteiger partial charge in [-0.05, 0) is 37.1 Å². The molecule has 0 radical (unpaired) electrons. The standard InChI is InChI=1S/C16H16BrN5O2/c1-8-3-10(17)4-9(2)13(8)22-5-12-14(21-22)19-16(20-15(12)23)18-11-6-24-7-11/h3-5,11H,6-7H2,1-2H3,(H2,18,19,20,21,23). The van der Waals surface area contributed by atoms with E-state index in [0.29, 0.717) is 30.2 Å². The zero-order chi connectivity index (χ0) is 16.8.